The third-order valence-electron chi connectivity index (χ3n) is 3.39. The molecule has 0 bridgehead atoms. The number of amides is 2. The molecule has 0 saturated heterocycles. The Morgan fingerprint density at radius 1 is 1.19 bits per heavy atom. The van der Waals surface area contributed by atoms with E-state index in [1.807, 2.05) is 25.1 Å². The van der Waals surface area contributed by atoms with E-state index < -0.39 is 0 Å². The van der Waals surface area contributed by atoms with Crippen molar-refractivity contribution in [3.05, 3.63) is 57.5 Å². The minimum Gasteiger partial charge on any atom is -0.493 e. The second-order valence-electron chi connectivity index (χ2n) is 5.44. The monoisotopic (exact) mass is 451 g/mol. The molecule has 2 rings (SSSR count). The molecule has 2 N–H and O–H groups in total. The summed E-state index contributed by atoms with van der Waals surface area (Å²) in [5, 5.41) is 7.00. The highest BCUT2D eigenvalue weighted by molar-refractivity contribution is 9.10. The fraction of sp³-hybridized carbons (Fsp3) is 0.211. The third-order valence-corrected chi connectivity index (χ3v) is 4.34. The Bertz CT molecular complexity index is 843. The van der Waals surface area contributed by atoms with Gasteiger partial charge in [0.25, 0.3) is 0 Å². The van der Waals surface area contributed by atoms with E-state index in [-0.39, 0.29) is 24.7 Å². The summed E-state index contributed by atoms with van der Waals surface area (Å²) in [5.41, 5.74) is 3.71. The number of nitrogens with zero attached hydrogens (tertiary/aromatic N) is 1. The Morgan fingerprint density at radius 3 is 2.63 bits per heavy atom. The van der Waals surface area contributed by atoms with E-state index in [0.29, 0.717) is 17.3 Å². The highest BCUT2D eigenvalue weighted by Gasteiger charge is 2.08. The molecule has 0 saturated carbocycles. The number of halogens is 2. The van der Waals surface area contributed by atoms with Gasteiger partial charge >= 0.3 is 0 Å². The average molecular weight is 453 g/mol. The number of hydrogen-bond acceptors (Lipinski definition) is 4. The summed E-state index contributed by atoms with van der Waals surface area (Å²) in [6, 6.07) is 12.4. The molecule has 6 nitrogen and oxygen atoms in total. The molecule has 0 aromatic heterocycles. The molecule has 2 amide bonds. The molecular weight excluding hydrogens is 434 g/mol. The topological polar surface area (TPSA) is 79.8 Å². The van der Waals surface area contributed by atoms with Crippen LogP contribution in [0.5, 0.6) is 5.75 Å². The molecule has 0 fully saturated rings. The van der Waals surface area contributed by atoms with Crippen LogP contribution >= 0.6 is 27.5 Å². The molecule has 0 atom stereocenters. The number of ether oxygens (including phenoxy) is 1. The van der Waals surface area contributed by atoms with Crippen LogP contribution in [0.4, 0.5) is 5.69 Å². The average Bonchev–Trinajstić information content (AvgIpc) is 2.64. The standard InChI is InChI=1S/C19H19BrClN3O3/c1-2-27-17-8-7-13(11-14(17)20)12-22-24-19(26)10-9-18(25)23-16-6-4-3-5-15(16)21/h3-8,11-12H,2,9-10H2,1H3,(H,23,25)(H,24,26). The third kappa shape index (κ3) is 7.03. The van der Waals surface area contributed by atoms with Gasteiger partial charge in [-0.15, -0.1) is 0 Å². The first-order valence-corrected chi connectivity index (χ1v) is 9.45. The Labute approximate surface area is 171 Å². The van der Waals surface area contributed by atoms with Crippen LogP contribution in [0, 0.1) is 0 Å². The molecule has 0 heterocycles. The summed E-state index contributed by atoms with van der Waals surface area (Å²) in [7, 11) is 0. The number of rotatable bonds is 8. The van der Waals surface area contributed by atoms with Gasteiger partial charge in [0.1, 0.15) is 5.75 Å². The summed E-state index contributed by atoms with van der Waals surface area (Å²) < 4.78 is 6.23. The molecule has 0 aliphatic carbocycles. The molecule has 0 aliphatic heterocycles. The van der Waals surface area contributed by atoms with Gasteiger partial charge < -0.3 is 10.1 Å². The van der Waals surface area contributed by atoms with Crippen molar-refractivity contribution in [2.24, 2.45) is 5.10 Å². The lowest BCUT2D eigenvalue weighted by molar-refractivity contribution is -0.124. The van der Waals surface area contributed by atoms with Gasteiger partial charge in [-0.05, 0) is 58.7 Å². The van der Waals surface area contributed by atoms with Gasteiger partial charge in [-0.25, -0.2) is 5.43 Å². The van der Waals surface area contributed by atoms with Crippen molar-refractivity contribution in [2.45, 2.75) is 19.8 Å². The molecular formula is C19H19BrClN3O3. The van der Waals surface area contributed by atoms with Crippen molar-refractivity contribution >= 4 is 51.2 Å². The predicted octanol–water partition coefficient (Wildman–Crippen LogP) is 4.37. The number of carbonyl (C=O) groups excluding carboxylic acids is 2. The summed E-state index contributed by atoms with van der Waals surface area (Å²) in [4.78, 5) is 23.7. The molecule has 0 unspecified atom stereocenters. The summed E-state index contributed by atoms with van der Waals surface area (Å²) in [6.45, 7) is 2.48. The van der Waals surface area contributed by atoms with Crippen LogP contribution in [-0.2, 0) is 9.59 Å². The van der Waals surface area contributed by atoms with E-state index in [4.69, 9.17) is 16.3 Å². The highest BCUT2D eigenvalue weighted by Crippen LogP contribution is 2.25. The van der Waals surface area contributed by atoms with Gasteiger partial charge in [-0.3, -0.25) is 9.59 Å². The van der Waals surface area contributed by atoms with Crippen molar-refractivity contribution in [1.82, 2.24) is 5.43 Å². The summed E-state index contributed by atoms with van der Waals surface area (Å²) >= 11 is 9.39. The number of nitrogens with one attached hydrogen (secondary N) is 2. The molecule has 8 heteroatoms. The van der Waals surface area contributed by atoms with E-state index in [2.05, 4.69) is 31.8 Å². The van der Waals surface area contributed by atoms with Crippen LogP contribution in [0.3, 0.4) is 0 Å². The number of anilines is 1. The zero-order valence-corrected chi connectivity index (χ0v) is 17.0. The summed E-state index contributed by atoms with van der Waals surface area (Å²) in [6.07, 6.45) is 1.56. The second kappa shape index (κ2) is 10.7. The number of carbonyl (C=O) groups is 2. The van der Waals surface area contributed by atoms with Gasteiger partial charge in [-0.2, -0.15) is 5.10 Å². The molecule has 0 aliphatic rings. The Balaban J connectivity index is 1.77. The lowest BCUT2D eigenvalue weighted by Crippen LogP contribution is -2.20. The number of hydrazone groups is 1. The fourth-order valence-electron chi connectivity index (χ4n) is 2.11. The van der Waals surface area contributed by atoms with Crippen LogP contribution in [0.1, 0.15) is 25.3 Å². The van der Waals surface area contributed by atoms with Crippen LogP contribution in [0.15, 0.2) is 52.0 Å². The van der Waals surface area contributed by atoms with Crippen LogP contribution < -0.4 is 15.5 Å². The van der Waals surface area contributed by atoms with E-state index in [1.165, 1.54) is 6.21 Å². The number of hydrogen-bond donors (Lipinski definition) is 2. The van der Waals surface area contributed by atoms with Gasteiger partial charge in [0.2, 0.25) is 11.8 Å². The molecule has 2 aromatic carbocycles. The first-order chi connectivity index (χ1) is 13.0. The van der Waals surface area contributed by atoms with Gasteiger partial charge in [-0.1, -0.05) is 23.7 Å². The van der Waals surface area contributed by atoms with Crippen molar-refractivity contribution in [2.75, 3.05) is 11.9 Å². The Kier molecular flexibility index (Phi) is 8.29. The Hall–Kier alpha value is -2.38. The maximum atomic E-state index is 11.9. The maximum absolute atomic E-state index is 11.9. The van der Waals surface area contributed by atoms with Crippen molar-refractivity contribution < 1.29 is 14.3 Å². The van der Waals surface area contributed by atoms with Crippen LogP contribution in [-0.4, -0.2) is 24.6 Å². The fourth-order valence-corrected chi connectivity index (χ4v) is 2.80. The molecule has 142 valence electrons. The predicted molar refractivity (Wildman–Crippen MR) is 110 cm³/mol. The van der Waals surface area contributed by atoms with Gasteiger partial charge in [0.15, 0.2) is 0 Å². The first-order valence-electron chi connectivity index (χ1n) is 8.28. The zero-order chi connectivity index (χ0) is 19.6. The number of benzene rings is 2. The van der Waals surface area contributed by atoms with E-state index in [9.17, 15) is 9.59 Å². The molecule has 2 aromatic rings. The lowest BCUT2D eigenvalue weighted by Gasteiger charge is -2.06. The molecule has 0 radical (unpaired) electrons. The quantitative estimate of drug-likeness (QED) is 0.461. The van der Waals surface area contributed by atoms with Gasteiger partial charge in [0, 0.05) is 12.8 Å². The normalized spacial score (nSPS) is 10.6. The smallest absolute Gasteiger partial charge is 0.240 e. The molecule has 0 spiro atoms. The Morgan fingerprint density at radius 2 is 1.93 bits per heavy atom. The van der Waals surface area contributed by atoms with Crippen molar-refractivity contribution in [3.8, 4) is 5.75 Å². The highest BCUT2D eigenvalue weighted by atomic mass is 79.9. The van der Waals surface area contributed by atoms with E-state index >= 15 is 0 Å². The molecule has 27 heavy (non-hydrogen) atoms. The maximum Gasteiger partial charge on any atom is 0.240 e. The minimum absolute atomic E-state index is 0.0145. The lowest BCUT2D eigenvalue weighted by atomic mass is 10.2. The zero-order valence-electron chi connectivity index (χ0n) is 14.7. The van der Waals surface area contributed by atoms with Crippen molar-refractivity contribution in [1.29, 1.82) is 0 Å². The van der Waals surface area contributed by atoms with Gasteiger partial charge in [0.05, 0.1) is 28.0 Å². The largest absolute Gasteiger partial charge is 0.493 e. The SMILES string of the molecule is CCOc1ccc(C=NNC(=O)CCC(=O)Nc2ccccc2Cl)cc1Br. The second-order valence-corrected chi connectivity index (χ2v) is 6.71. The minimum atomic E-state index is -0.356. The number of para-hydroxylation sites is 1. The first kappa shape index (κ1) is 20.9. The van der Waals surface area contributed by atoms with E-state index in [1.54, 1.807) is 24.3 Å². The van der Waals surface area contributed by atoms with Crippen LogP contribution in [0.25, 0.3) is 0 Å². The van der Waals surface area contributed by atoms with Crippen molar-refractivity contribution in [3.63, 3.8) is 0 Å². The van der Waals surface area contributed by atoms with E-state index in [0.717, 1.165) is 15.8 Å². The van der Waals surface area contributed by atoms with Crippen LogP contribution in [0.2, 0.25) is 5.02 Å². The summed E-state index contributed by atoms with van der Waals surface area (Å²) in [5.74, 6) is 0.0893.